The number of hydrazone groups is 1. The second-order valence-electron chi connectivity index (χ2n) is 3.88. The molecule has 5 nitrogen and oxygen atoms in total. The van der Waals surface area contributed by atoms with Crippen LogP contribution >= 0.6 is 0 Å². The molecule has 1 aliphatic rings. The van der Waals surface area contributed by atoms with Crippen molar-refractivity contribution < 1.29 is 14.7 Å². The minimum Gasteiger partial charge on any atom is -0.481 e. The average Bonchev–Trinajstić information content (AvgIpc) is 2.58. The standard InChI is InChI=1S/C12H12N2O3/c1-8-10(7-11(15)16)12(17)14(13-8)9-5-3-2-4-6-9/h2-6,10H,7H2,1H3,(H,15,16)/t10-/m0/s1. The third kappa shape index (κ3) is 2.18. The first-order chi connectivity index (χ1) is 8.09. The van der Waals surface area contributed by atoms with E-state index in [-0.39, 0.29) is 12.3 Å². The van der Waals surface area contributed by atoms with Crippen LogP contribution in [0.3, 0.4) is 0 Å². The van der Waals surface area contributed by atoms with Crippen molar-refractivity contribution in [3.63, 3.8) is 0 Å². The Morgan fingerprint density at radius 3 is 2.65 bits per heavy atom. The van der Waals surface area contributed by atoms with Gasteiger partial charge in [0.05, 0.1) is 18.0 Å². The van der Waals surface area contributed by atoms with E-state index in [1.165, 1.54) is 5.01 Å². The Balaban J connectivity index is 2.24. The fourth-order valence-corrected chi connectivity index (χ4v) is 1.77. The summed E-state index contributed by atoms with van der Waals surface area (Å²) >= 11 is 0. The highest BCUT2D eigenvalue weighted by Gasteiger charge is 2.35. The van der Waals surface area contributed by atoms with Gasteiger partial charge in [0, 0.05) is 5.71 Å². The van der Waals surface area contributed by atoms with Crippen molar-refractivity contribution in [2.24, 2.45) is 11.0 Å². The van der Waals surface area contributed by atoms with Gasteiger partial charge in [-0.25, -0.2) is 5.01 Å². The van der Waals surface area contributed by atoms with Gasteiger partial charge in [0.25, 0.3) is 5.91 Å². The molecule has 1 heterocycles. The largest absolute Gasteiger partial charge is 0.481 e. The summed E-state index contributed by atoms with van der Waals surface area (Å²) in [6.45, 7) is 1.68. The van der Waals surface area contributed by atoms with Crippen molar-refractivity contribution in [1.29, 1.82) is 0 Å². The van der Waals surface area contributed by atoms with E-state index >= 15 is 0 Å². The molecule has 1 atom stereocenters. The van der Waals surface area contributed by atoms with E-state index in [1.807, 2.05) is 6.07 Å². The zero-order valence-electron chi connectivity index (χ0n) is 9.33. The van der Waals surface area contributed by atoms with Crippen molar-refractivity contribution >= 4 is 23.3 Å². The molecule has 0 fully saturated rings. The van der Waals surface area contributed by atoms with Crippen molar-refractivity contribution in [2.75, 3.05) is 5.01 Å². The van der Waals surface area contributed by atoms with E-state index in [1.54, 1.807) is 31.2 Å². The van der Waals surface area contributed by atoms with Gasteiger partial charge in [-0.15, -0.1) is 0 Å². The maximum Gasteiger partial charge on any atom is 0.304 e. The summed E-state index contributed by atoms with van der Waals surface area (Å²) in [5, 5.41) is 14.1. The van der Waals surface area contributed by atoms with Crippen molar-refractivity contribution in [3.05, 3.63) is 30.3 Å². The number of carbonyl (C=O) groups is 2. The number of amides is 1. The molecule has 0 aromatic heterocycles. The lowest BCUT2D eigenvalue weighted by Crippen LogP contribution is -2.28. The van der Waals surface area contributed by atoms with Crippen LogP contribution in [0.1, 0.15) is 13.3 Å². The van der Waals surface area contributed by atoms with E-state index in [9.17, 15) is 9.59 Å². The van der Waals surface area contributed by atoms with Gasteiger partial charge in [0.1, 0.15) is 0 Å². The van der Waals surface area contributed by atoms with Crippen LogP contribution < -0.4 is 5.01 Å². The van der Waals surface area contributed by atoms with Gasteiger partial charge < -0.3 is 5.11 Å². The molecule has 2 rings (SSSR count). The lowest BCUT2D eigenvalue weighted by Gasteiger charge is -2.13. The van der Waals surface area contributed by atoms with Crippen LogP contribution in [0.15, 0.2) is 35.4 Å². The van der Waals surface area contributed by atoms with Crippen LogP contribution in [-0.2, 0) is 9.59 Å². The van der Waals surface area contributed by atoms with Crippen molar-refractivity contribution in [2.45, 2.75) is 13.3 Å². The number of carboxylic acid groups (broad SMARTS) is 1. The lowest BCUT2D eigenvalue weighted by atomic mass is 10.0. The van der Waals surface area contributed by atoms with Gasteiger partial charge in [0.2, 0.25) is 0 Å². The summed E-state index contributed by atoms with van der Waals surface area (Å²) in [5.74, 6) is -1.92. The quantitative estimate of drug-likeness (QED) is 0.858. The number of carbonyl (C=O) groups excluding carboxylic acids is 1. The number of para-hydroxylation sites is 1. The summed E-state index contributed by atoms with van der Waals surface area (Å²) in [7, 11) is 0. The zero-order valence-corrected chi connectivity index (χ0v) is 9.33. The molecule has 1 aromatic carbocycles. The summed E-state index contributed by atoms with van der Waals surface area (Å²) in [5.41, 5.74) is 1.20. The van der Waals surface area contributed by atoms with Crippen molar-refractivity contribution in [1.82, 2.24) is 0 Å². The number of hydrogen-bond donors (Lipinski definition) is 1. The Morgan fingerprint density at radius 1 is 1.41 bits per heavy atom. The average molecular weight is 232 g/mol. The summed E-state index contributed by atoms with van der Waals surface area (Å²) in [6, 6.07) is 8.97. The zero-order chi connectivity index (χ0) is 12.4. The highest BCUT2D eigenvalue weighted by Crippen LogP contribution is 2.25. The number of rotatable bonds is 3. The topological polar surface area (TPSA) is 70.0 Å². The number of aliphatic carboxylic acids is 1. The Labute approximate surface area is 98.4 Å². The Morgan fingerprint density at radius 2 is 2.06 bits per heavy atom. The maximum absolute atomic E-state index is 12.0. The molecule has 0 saturated carbocycles. The van der Waals surface area contributed by atoms with E-state index in [2.05, 4.69) is 5.10 Å². The Kier molecular flexibility index (Phi) is 2.91. The molecule has 1 aromatic rings. The molecule has 17 heavy (non-hydrogen) atoms. The first-order valence-corrected chi connectivity index (χ1v) is 5.25. The minimum absolute atomic E-state index is 0.211. The summed E-state index contributed by atoms with van der Waals surface area (Å²) < 4.78 is 0. The number of hydrogen-bond acceptors (Lipinski definition) is 3. The molecule has 0 radical (unpaired) electrons. The second-order valence-corrected chi connectivity index (χ2v) is 3.88. The third-order valence-electron chi connectivity index (χ3n) is 2.65. The van der Waals surface area contributed by atoms with E-state index < -0.39 is 11.9 Å². The Hall–Kier alpha value is -2.17. The van der Waals surface area contributed by atoms with Crippen LogP contribution in [0.25, 0.3) is 0 Å². The minimum atomic E-state index is -0.993. The monoisotopic (exact) mass is 232 g/mol. The Bertz CT molecular complexity index is 482. The van der Waals surface area contributed by atoms with Crippen LogP contribution in [-0.4, -0.2) is 22.7 Å². The molecule has 1 aliphatic heterocycles. The smallest absolute Gasteiger partial charge is 0.304 e. The third-order valence-corrected chi connectivity index (χ3v) is 2.65. The van der Waals surface area contributed by atoms with E-state index in [4.69, 9.17) is 5.11 Å². The van der Waals surface area contributed by atoms with Gasteiger partial charge in [-0.05, 0) is 19.1 Å². The highest BCUT2D eigenvalue weighted by molar-refractivity contribution is 6.15. The fraction of sp³-hybridized carbons (Fsp3) is 0.250. The second kappa shape index (κ2) is 4.37. The molecule has 0 saturated heterocycles. The summed E-state index contributed by atoms with van der Waals surface area (Å²) in [4.78, 5) is 22.7. The predicted octanol–water partition coefficient (Wildman–Crippen LogP) is 1.50. The van der Waals surface area contributed by atoms with Crippen LogP contribution in [0.5, 0.6) is 0 Å². The molecular weight excluding hydrogens is 220 g/mol. The van der Waals surface area contributed by atoms with Gasteiger partial charge in [-0.2, -0.15) is 5.10 Å². The van der Waals surface area contributed by atoms with Gasteiger partial charge >= 0.3 is 5.97 Å². The van der Waals surface area contributed by atoms with Crippen molar-refractivity contribution in [3.8, 4) is 0 Å². The molecule has 0 aliphatic carbocycles. The molecule has 5 heteroatoms. The van der Waals surface area contributed by atoms with Crippen LogP contribution in [0.2, 0.25) is 0 Å². The number of benzene rings is 1. The molecule has 0 spiro atoms. The predicted molar refractivity (Wildman–Crippen MR) is 62.8 cm³/mol. The number of nitrogens with zero attached hydrogens (tertiary/aromatic N) is 2. The van der Waals surface area contributed by atoms with E-state index in [0.717, 1.165) is 0 Å². The maximum atomic E-state index is 12.0. The number of anilines is 1. The number of carboxylic acids is 1. The first kappa shape index (κ1) is 11.3. The summed E-state index contributed by atoms with van der Waals surface area (Å²) in [6.07, 6.45) is -0.211. The fourth-order valence-electron chi connectivity index (χ4n) is 1.77. The van der Waals surface area contributed by atoms with Crippen LogP contribution in [0.4, 0.5) is 5.69 Å². The van der Waals surface area contributed by atoms with Gasteiger partial charge in [-0.3, -0.25) is 9.59 Å². The molecule has 88 valence electrons. The normalized spacial score (nSPS) is 19.4. The molecular formula is C12H12N2O3. The highest BCUT2D eigenvalue weighted by atomic mass is 16.4. The van der Waals surface area contributed by atoms with Crippen LogP contribution in [0, 0.1) is 5.92 Å². The molecule has 0 bridgehead atoms. The van der Waals surface area contributed by atoms with E-state index in [0.29, 0.717) is 11.4 Å². The lowest BCUT2D eigenvalue weighted by molar-refractivity contribution is -0.139. The molecule has 1 N–H and O–H groups in total. The van der Waals surface area contributed by atoms with Gasteiger partial charge in [-0.1, -0.05) is 18.2 Å². The molecule has 0 unspecified atom stereocenters. The SMILES string of the molecule is CC1=NN(c2ccccc2)C(=O)[C@H]1CC(=O)O. The first-order valence-electron chi connectivity index (χ1n) is 5.25. The van der Waals surface area contributed by atoms with Gasteiger partial charge in [0.15, 0.2) is 0 Å². The molecule has 1 amide bonds.